The van der Waals surface area contributed by atoms with Gasteiger partial charge in [0.05, 0.1) is 17.1 Å². The molecule has 0 bridgehead atoms. The standard InChI is InChI=1S/C16H26N4/c1-11(2)8-13(10-19(4)5)20-15-7-6-12(3)9-14(15)18-16(20)17/h6-7,9,11,13H,8,10H2,1-5H3,(H2,17,18). The van der Waals surface area contributed by atoms with Crippen LogP contribution in [0.4, 0.5) is 5.95 Å². The van der Waals surface area contributed by atoms with Gasteiger partial charge in [-0.15, -0.1) is 0 Å². The molecule has 0 aliphatic heterocycles. The summed E-state index contributed by atoms with van der Waals surface area (Å²) >= 11 is 0. The fraction of sp³-hybridized carbons (Fsp3) is 0.562. The molecule has 0 radical (unpaired) electrons. The third-order valence-electron chi connectivity index (χ3n) is 3.56. The van der Waals surface area contributed by atoms with E-state index in [4.69, 9.17) is 5.73 Å². The lowest BCUT2D eigenvalue weighted by Gasteiger charge is -2.25. The molecule has 2 N–H and O–H groups in total. The topological polar surface area (TPSA) is 47.1 Å². The SMILES string of the molecule is Cc1ccc2c(c1)nc(N)n2C(CC(C)C)CN(C)C. The van der Waals surface area contributed by atoms with E-state index in [1.807, 2.05) is 0 Å². The highest BCUT2D eigenvalue weighted by Gasteiger charge is 2.19. The van der Waals surface area contributed by atoms with Gasteiger partial charge in [-0.25, -0.2) is 4.98 Å². The van der Waals surface area contributed by atoms with Crippen LogP contribution in [-0.4, -0.2) is 35.1 Å². The molecule has 1 aromatic carbocycles. The van der Waals surface area contributed by atoms with Crippen LogP contribution in [0.2, 0.25) is 0 Å². The lowest BCUT2D eigenvalue weighted by Crippen LogP contribution is -2.26. The molecular formula is C16H26N4. The molecule has 0 saturated heterocycles. The van der Waals surface area contributed by atoms with Gasteiger partial charge in [0, 0.05) is 6.54 Å². The van der Waals surface area contributed by atoms with E-state index in [9.17, 15) is 0 Å². The number of hydrogen-bond acceptors (Lipinski definition) is 3. The highest BCUT2D eigenvalue weighted by molar-refractivity contribution is 5.79. The number of aryl methyl sites for hydroxylation is 1. The maximum Gasteiger partial charge on any atom is 0.201 e. The quantitative estimate of drug-likeness (QED) is 0.911. The zero-order chi connectivity index (χ0) is 14.9. The molecule has 0 fully saturated rings. The average molecular weight is 274 g/mol. The monoisotopic (exact) mass is 274 g/mol. The van der Waals surface area contributed by atoms with Gasteiger partial charge in [0.1, 0.15) is 0 Å². The minimum absolute atomic E-state index is 0.359. The fourth-order valence-electron chi connectivity index (χ4n) is 2.84. The predicted molar refractivity (Wildman–Crippen MR) is 85.9 cm³/mol. The lowest BCUT2D eigenvalue weighted by atomic mass is 10.0. The number of benzene rings is 1. The Morgan fingerprint density at radius 2 is 2.00 bits per heavy atom. The number of fused-ring (bicyclic) bond motifs is 1. The normalized spacial score (nSPS) is 13.6. The second-order valence-corrected chi connectivity index (χ2v) is 6.38. The summed E-state index contributed by atoms with van der Waals surface area (Å²) in [6.07, 6.45) is 1.10. The number of nitrogen functional groups attached to an aromatic ring is 1. The van der Waals surface area contributed by atoms with E-state index in [1.165, 1.54) is 5.56 Å². The van der Waals surface area contributed by atoms with Gasteiger partial charge in [-0.1, -0.05) is 19.9 Å². The van der Waals surface area contributed by atoms with E-state index in [-0.39, 0.29) is 0 Å². The molecule has 1 heterocycles. The van der Waals surface area contributed by atoms with Gasteiger partial charge >= 0.3 is 0 Å². The largest absolute Gasteiger partial charge is 0.369 e. The Bertz CT molecular complexity index is 573. The van der Waals surface area contributed by atoms with Crippen molar-refractivity contribution in [2.24, 2.45) is 5.92 Å². The molecule has 4 heteroatoms. The Hall–Kier alpha value is -1.55. The first-order chi connectivity index (χ1) is 9.38. The third-order valence-corrected chi connectivity index (χ3v) is 3.56. The first-order valence-electron chi connectivity index (χ1n) is 7.27. The summed E-state index contributed by atoms with van der Waals surface area (Å²) in [4.78, 5) is 6.75. The summed E-state index contributed by atoms with van der Waals surface area (Å²) in [6.45, 7) is 7.56. The summed E-state index contributed by atoms with van der Waals surface area (Å²) in [5.41, 5.74) is 9.54. The van der Waals surface area contributed by atoms with Crippen LogP contribution in [-0.2, 0) is 0 Å². The van der Waals surface area contributed by atoms with E-state index < -0.39 is 0 Å². The molecule has 4 nitrogen and oxygen atoms in total. The summed E-state index contributed by atoms with van der Waals surface area (Å²) in [5, 5.41) is 0. The van der Waals surface area contributed by atoms with Gasteiger partial charge < -0.3 is 15.2 Å². The van der Waals surface area contributed by atoms with Crippen molar-refractivity contribution in [3.05, 3.63) is 23.8 Å². The highest BCUT2D eigenvalue weighted by atomic mass is 15.2. The van der Waals surface area contributed by atoms with Crippen LogP contribution < -0.4 is 5.73 Å². The second kappa shape index (κ2) is 5.83. The molecule has 2 rings (SSSR count). The molecule has 0 spiro atoms. The minimum atomic E-state index is 0.359. The minimum Gasteiger partial charge on any atom is -0.369 e. The van der Waals surface area contributed by atoms with Crippen LogP contribution in [0.25, 0.3) is 11.0 Å². The van der Waals surface area contributed by atoms with Crippen molar-refractivity contribution >= 4 is 17.0 Å². The molecule has 2 aromatic rings. The van der Waals surface area contributed by atoms with Crippen LogP contribution in [0, 0.1) is 12.8 Å². The Morgan fingerprint density at radius 1 is 1.30 bits per heavy atom. The Balaban J connectivity index is 2.48. The summed E-state index contributed by atoms with van der Waals surface area (Å²) in [7, 11) is 4.21. The van der Waals surface area contributed by atoms with Crippen LogP contribution >= 0.6 is 0 Å². The zero-order valence-electron chi connectivity index (χ0n) is 13.2. The maximum atomic E-state index is 6.19. The zero-order valence-corrected chi connectivity index (χ0v) is 13.2. The number of imidazole rings is 1. The smallest absolute Gasteiger partial charge is 0.201 e. The predicted octanol–water partition coefficient (Wildman–Crippen LogP) is 3.08. The van der Waals surface area contributed by atoms with Crippen LogP contribution in [0.15, 0.2) is 18.2 Å². The van der Waals surface area contributed by atoms with Gasteiger partial charge in [0.25, 0.3) is 0 Å². The van der Waals surface area contributed by atoms with Crippen molar-refractivity contribution in [1.82, 2.24) is 14.5 Å². The van der Waals surface area contributed by atoms with Crippen molar-refractivity contribution in [3.63, 3.8) is 0 Å². The summed E-state index contributed by atoms with van der Waals surface area (Å²) in [5.74, 6) is 1.25. The van der Waals surface area contributed by atoms with Gasteiger partial charge in [-0.05, 0) is 51.1 Å². The molecule has 1 aromatic heterocycles. The second-order valence-electron chi connectivity index (χ2n) is 6.38. The van der Waals surface area contributed by atoms with E-state index in [0.29, 0.717) is 17.9 Å². The van der Waals surface area contributed by atoms with Crippen molar-refractivity contribution in [2.75, 3.05) is 26.4 Å². The van der Waals surface area contributed by atoms with E-state index in [1.54, 1.807) is 0 Å². The molecule has 1 unspecified atom stereocenters. The highest BCUT2D eigenvalue weighted by Crippen LogP contribution is 2.28. The van der Waals surface area contributed by atoms with E-state index in [0.717, 1.165) is 24.0 Å². The molecule has 0 aliphatic carbocycles. The molecule has 20 heavy (non-hydrogen) atoms. The van der Waals surface area contributed by atoms with Crippen molar-refractivity contribution in [2.45, 2.75) is 33.2 Å². The number of hydrogen-bond donors (Lipinski definition) is 1. The molecular weight excluding hydrogens is 248 g/mol. The van der Waals surface area contributed by atoms with Crippen LogP contribution in [0.1, 0.15) is 31.9 Å². The molecule has 0 amide bonds. The molecule has 0 aliphatic rings. The van der Waals surface area contributed by atoms with Crippen molar-refractivity contribution < 1.29 is 0 Å². The average Bonchev–Trinajstić information content (AvgIpc) is 2.61. The molecule has 110 valence electrons. The third kappa shape index (κ3) is 3.12. The number of nitrogens with two attached hydrogens (primary N) is 1. The summed E-state index contributed by atoms with van der Waals surface area (Å²) < 4.78 is 2.20. The van der Waals surface area contributed by atoms with E-state index in [2.05, 4.69) is 67.5 Å². The van der Waals surface area contributed by atoms with E-state index >= 15 is 0 Å². The first-order valence-corrected chi connectivity index (χ1v) is 7.27. The molecule has 1 atom stereocenters. The number of rotatable bonds is 5. The van der Waals surface area contributed by atoms with Crippen LogP contribution in [0.3, 0.4) is 0 Å². The number of aromatic nitrogens is 2. The number of anilines is 1. The van der Waals surface area contributed by atoms with Crippen molar-refractivity contribution in [1.29, 1.82) is 0 Å². The maximum absolute atomic E-state index is 6.19. The summed E-state index contributed by atoms with van der Waals surface area (Å²) in [6, 6.07) is 6.72. The Labute approximate surface area is 121 Å². The Morgan fingerprint density at radius 3 is 2.60 bits per heavy atom. The van der Waals surface area contributed by atoms with Crippen molar-refractivity contribution in [3.8, 4) is 0 Å². The van der Waals surface area contributed by atoms with Gasteiger partial charge in [0.2, 0.25) is 5.95 Å². The lowest BCUT2D eigenvalue weighted by molar-refractivity contribution is 0.294. The van der Waals surface area contributed by atoms with Gasteiger partial charge in [0.15, 0.2) is 0 Å². The fourth-order valence-corrected chi connectivity index (χ4v) is 2.84. The van der Waals surface area contributed by atoms with Crippen LogP contribution in [0.5, 0.6) is 0 Å². The first kappa shape index (κ1) is 14.9. The Kier molecular flexibility index (Phi) is 4.33. The van der Waals surface area contributed by atoms with Gasteiger partial charge in [-0.2, -0.15) is 0 Å². The number of nitrogens with zero attached hydrogens (tertiary/aromatic N) is 3. The molecule has 0 saturated carbocycles. The number of likely N-dealkylation sites (N-methyl/N-ethyl adjacent to an activating group) is 1. The van der Waals surface area contributed by atoms with Gasteiger partial charge in [-0.3, -0.25) is 0 Å².